The SMILES string of the molecule is Cc1c[nH][c-]c1C1C=CC=C1.[CH3-].[CH3-].[CH3-].[CH3-].[Ru+5]. The van der Waals surface area contributed by atoms with Crippen molar-refractivity contribution in [2.24, 2.45) is 0 Å². The molecule has 0 fully saturated rings. The zero-order valence-corrected chi connectivity index (χ0v) is 12.6. The van der Waals surface area contributed by atoms with E-state index in [9.17, 15) is 0 Å². The molecule has 0 spiro atoms. The van der Waals surface area contributed by atoms with Crippen molar-refractivity contribution in [2.75, 3.05) is 0 Å². The fourth-order valence-electron chi connectivity index (χ4n) is 1.37. The molecule has 1 aromatic heterocycles. The van der Waals surface area contributed by atoms with Crippen molar-refractivity contribution in [2.45, 2.75) is 12.8 Å². The van der Waals surface area contributed by atoms with Crippen molar-refractivity contribution in [1.82, 2.24) is 4.98 Å². The Morgan fingerprint density at radius 2 is 1.56 bits per heavy atom. The van der Waals surface area contributed by atoms with Crippen molar-refractivity contribution >= 4 is 0 Å². The van der Waals surface area contributed by atoms with E-state index in [0.29, 0.717) is 5.92 Å². The summed E-state index contributed by atoms with van der Waals surface area (Å²) in [5.41, 5.74) is 2.54. The molecule has 0 saturated heterocycles. The van der Waals surface area contributed by atoms with Crippen LogP contribution < -0.4 is 0 Å². The van der Waals surface area contributed by atoms with E-state index in [0.717, 1.165) is 0 Å². The molecule has 2 heteroatoms. The first-order chi connectivity index (χ1) is 5.38. The third kappa shape index (κ3) is 4.94. The van der Waals surface area contributed by atoms with Crippen molar-refractivity contribution in [3.05, 3.63) is 77.5 Å². The van der Waals surface area contributed by atoms with Crippen LogP contribution in [0.2, 0.25) is 0 Å². The van der Waals surface area contributed by atoms with Gasteiger partial charge in [-0.25, -0.2) is 0 Å². The van der Waals surface area contributed by atoms with Gasteiger partial charge in [-0.15, -0.1) is 18.0 Å². The van der Waals surface area contributed by atoms with Gasteiger partial charge in [0.05, 0.1) is 0 Å². The van der Waals surface area contributed by atoms with Crippen LogP contribution in [0.25, 0.3) is 0 Å². The molecule has 0 amide bonds. The number of H-pyrrole nitrogens is 1. The van der Waals surface area contributed by atoms with Gasteiger partial charge in [-0.05, 0) is 5.92 Å². The summed E-state index contributed by atoms with van der Waals surface area (Å²) in [6.07, 6.45) is 13.6. The molecule has 91 valence electrons. The Morgan fingerprint density at radius 3 is 1.94 bits per heavy atom. The quantitative estimate of drug-likeness (QED) is 0.593. The minimum Gasteiger partial charge on any atom is -0.484 e. The molecule has 0 unspecified atom stereocenters. The van der Waals surface area contributed by atoms with Gasteiger partial charge in [0.15, 0.2) is 0 Å². The Bertz CT molecular complexity index is 298. The van der Waals surface area contributed by atoms with Gasteiger partial charge in [0.25, 0.3) is 0 Å². The second-order valence-electron chi connectivity index (χ2n) is 2.81. The number of aromatic nitrogens is 1. The molecule has 0 aromatic carbocycles. The van der Waals surface area contributed by atoms with Crippen molar-refractivity contribution in [3.8, 4) is 0 Å². The van der Waals surface area contributed by atoms with E-state index in [-0.39, 0.29) is 49.2 Å². The van der Waals surface area contributed by atoms with Crippen LogP contribution in [0.5, 0.6) is 0 Å². The molecule has 1 nitrogen and oxygen atoms in total. The molecule has 1 radical (unpaired) electrons. The van der Waals surface area contributed by atoms with Gasteiger partial charge in [0.1, 0.15) is 0 Å². The van der Waals surface area contributed by atoms with Crippen molar-refractivity contribution in [1.29, 1.82) is 0 Å². The van der Waals surface area contributed by atoms with Crippen LogP contribution in [-0.4, -0.2) is 4.98 Å². The van der Waals surface area contributed by atoms with Gasteiger partial charge in [-0.2, -0.15) is 5.56 Å². The van der Waals surface area contributed by atoms with Crippen LogP contribution >= 0.6 is 0 Å². The summed E-state index contributed by atoms with van der Waals surface area (Å²) in [5.74, 6) is 0.446. The first-order valence-corrected chi connectivity index (χ1v) is 3.78. The van der Waals surface area contributed by atoms with Crippen LogP contribution in [0.1, 0.15) is 17.0 Å². The minimum absolute atomic E-state index is 0. The van der Waals surface area contributed by atoms with Gasteiger partial charge in [-0.3, -0.25) is 0 Å². The van der Waals surface area contributed by atoms with Gasteiger partial charge in [0, 0.05) is 0 Å². The number of hydrogen-bond acceptors (Lipinski definition) is 0. The molecule has 0 saturated carbocycles. The summed E-state index contributed by atoms with van der Waals surface area (Å²) < 4.78 is 0. The van der Waals surface area contributed by atoms with Crippen LogP contribution in [-0.2, 0) is 19.5 Å². The minimum atomic E-state index is 0. The van der Waals surface area contributed by atoms with E-state index in [4.69, 9.17) is 0 Å². The van der Waals surface area contributed by atoms with Gasteiger partial charge in [0.2, 0.25) is 0 Å². The molecule has 1 N–H and O–H groups in total. The molecular weight excluding hydrogens is 283 g/mol. The zero-order valence-electron chi connectivity index (χ0n) is 10.8. The summed E-state index contributed by atoms with van der Waals surface area (Å²) >= 11 is 0. The maximum absolute atomic E-state index is 3.12. The standard InChI is InChI=1S/C10H10N.4CH3.Ru/c1-8-6-11-7-10(8)9-4-2-3-5-9;;;;;/h2-6,9,11H,1H3;4*1H3;/q5*-1;+5. The Balaban J connectivity index is -0.000000144. The molecule has 1 heterocycles. The third-order valence-corrected chi connectivity index (χ3v) is 2.00. The number of hydrogen-bond donors (Lipinski definition) is 1. The second kappa shape index (κ2) is 10.9. The number of aromatic amines is 1. The Kier molecular flexibility index (Phi) is 16.7. The fourth-order valence-corrected chi connectivity index (χ4v) is 1.37. The monoisotopic (exact) mass is 306 g/mol. The summed E-state index contributed by atoms with van der Waals surface area (Å²) in [5, 5.41) is 0. The molecule has 1 aromatic rings. The zero-order chi connectivity index (χ0) is 7.68. The predicted octanol–water partition coefficient (Wildman–Crippen LogP) is 4.13. The van der Waals surface area contributed by atoms with Gasteiger partial charge in [-0.1, -0.05) is 31.2 Å². The summed E-state index contributed by atoms with van der Waals surface area (Å²) in [7, 11) is 0. The van der Waals surface area contributed by atoms with Gasteiger partial charge < -0.3 is 34.7 Å². The third-order valence-electron chi connectivity index (χ3n) is 2.00. The number of rotatable bonds is 1. The smallest absolute Gasteiger partial charge is 0.484 e. The normalized spacial score (nSPS) is 11.3. The van der Waals surface area contributed by atoms with Crippen LogP contribution in [0.15, 0.2) is 30.5 Å². The molecule has 16 heavy (non-hydrogen) atoms. The first kappa shape index (κ1) is 24.6. The largest absolute Gasteiger partial charge is 5.00 e. The molecule has 0 bridgehead atoms. The average Bonchev–Trinajstić information content (AvgIpc) is 2.55. The van der Waals surface area contributed by atoms with Crippen LogP contribution in [0.3, 0.4) is 0 Å². The second-order valence-corrected chi connectivity index (χ2v) is 2.81. The van der Waals surface area contributed by atoms with Crippen LogP contribution in [0.4, 0.5) is 0 Å². The summed E-state index contributed by atoms with van der Waals surface area (Å²) in [6, 6.07) is 0. The Morgan fingerprint density at radius 1 is 1.06 bits per heavy atom. The van der Waals surface area contributed by atoms with Crippen molar-refractivity contribution in [3.63, 3.8) is 0 Å². The fraction of sp³-hybridized carbons (Fsp3) is 0.143. The molecule has 0 atom stereocenters. The summed E-state index contributed by atoms with van der Waals surface area (Å²) in [4.78, 5) is 2.98. The Labute approximate surface area is 115 Å². The molecule has 1 aliphatic rings. The van der Waals surface area contributed by atoms with Crippen molar-refractivity contribution < 1.29 is 19.5 Å². The maximum atomic E-state index is 3.12. The van der Waals surface area contributed by atoms with Gasteiger partial charge >= 0.3 is 19.5 Å². The number of aryl methyl sites for hydroxylation is 1. The number of allylic oxidation sites excluding steroid dienone is 4. The molecule has 1 aliphatic carbocycles. The van der Waals surface area contributed by atoms with E-state index in [2.05, 4.69) is 42.4 Å². The summed E-state index contributed by atoms with van der Waals surface area (Å²) in [6.45, 7) is 2.10. The Hall–Kier alpha value is -0.617. The van der Waals surface area contributed by atoms with E-state index in [1.165, 1.54) is 11.1 Å². The maximum Gasteiger partial charge on any atom is 5.00 e. The average molecular weight is 305 g/mol. The van der Waals surface area contributed by atoms with Crippen LogP contribution in [0, 0.1) is 42.8 Å². The van der Waals surface area contributed by atoms with E-state index < -0.39 is 0 Å². The van der Waals surface area contributed by atoms with E-state index in [1.807, 2.05) is 6.20 Å². The van der Waals surface area contributed by atoms with E-state index in [1.54, 1.807) is 0 Å². The van der Waals surface area contributed by atoms with E-state index >= 15 is 0 Å². The first-order valence-electron chi connectivity index (χ1n) is 3.78. The molecule has 2 rings (SSSR count). The molecular formula is C14H22NRu. The number of nitrogens with one attached hydrogen (secondary N) is 1. The topological polar surface area (TPSA) is 15.8 Å². The molecule has 0 aliphatic heterocycles. The predicted molar refractivity (Wildman–Crippen MR) is 71.0 cm³/mol.